The van der Waals surface area contributed by atoms with Gasteiger partial charge in [-0.05, 0) is 37.6 Å². The van der Waals surface area contributed by atoms with E-state index in [9.17, 15) is 19.7 Å². The number of carbonyl (C=O) groups is 2. The van der Waals surface area contributed by atoms with Gasteiger partial charge in [0.25, 0.3) is 5.69 Å². The van der Waals surface area contributed by atoms with Gasteiger partial charge in [0.1, 0.15) is 42.2 Å². The molecule has 2 aromatic carbocycles. The molecule has 0 spiro atoms. The maximum absolute atomic E-state index is 14.1. The summed E-state index contributed by atoms with van der Waals surface area (Å²) in [4.78, 5) is 49.5. The maximum Gasteiger partial charge on any atom is 0.326 e. The number of nitro benzene ring substituents is 1. The number of nitro groups is 1. The van der Waals surface area contributed by atoms with E-state index in [1.807, 2.05) is 12.1 Å². The summed E-state index contributed by atoms with van der Waals surface area (Å²) >= 11 is 6.14. The van der Waals surface area contributed by atoms with Crippen LogP contribution in [-0.4, -0.2) is 63.2 Å². The molecular formula is C26H25ClN6O6. The fourth-order valence-electron chi connectivity index (χ4n) is 4.64. The molecule has 0 radical (unpaired) electrons. The predicted molar refractivity (Wildman–Crippen MR) is 141 cm³/mol. The van der Waals surface area contributed by atoms with Crippen molar-refractivity contribution in [2.45, 2.75) is 32.0 Å². The highest BCUT2D eigenvalue weighted by atomic mass is 35.5. The quantitative estimate of drug-likeness (QED) is 0.358. The summed E-state index contributed by atoms with van der Waals surface area (Å²) in [7, 11) is 0. The van der Waals surface area contributed by atoms with Gasteiger partial charge in [0.15, 0.2) is 6.39 Å². The Morgan fingerprint density at radius 3 is 2.67 bits per heavy atom. The van der Waals surface area contributed by atoms with Crippen LogP contribution in [0.15, 0.2) is 64.5 Å². The Morgan fingerprint density at radius 2 is 2.03 bits per heavy atom. The van der Waals surface area contributed by atoms with Crippen LogP contribution in [0, 0.1) is 10.1 Å². The molecule has 39 heavy (non-hydrogen) atoms. The summed E-state index contributed by atoms with van der Waals surface area (Å²) < 4.78 is 11.3. The van der Waals surface area contributed by atoms with Crippen LogP contribution < -0.4 is 10.1 Å². The number of aromatic nitrogens is 1. The maximum atomic E-state index is 14.1. The standard InChI is InChI=1S/C26H25ClN6O6/c1-15(2)39-21-11-18(33(36)37)7-8-19(21)25-30-23(16-3-5-17(27)6-4-16)24(20-13-38-14-29-20)32(25)26(35)31-10-9-28-22(34)12-31/h3-8,11,13-15,23-24H,9-10,12H2,1-2H3,(H,28,34). The highest BCUT2D eigenvalue weighted by Crippen LogP contribution is 2.45. The van der Waals surface area contributed by atoms with E-state index >= 15 is 0 Å². The number of hydrogen-bond donors (Lipinski definition) is 1. The number of benzene rings is 2. The zero-order chi connectivity index (χ0) is 27.7. The van der Waals surface area contributed by atoms with Gasteiger partial charge in [0, 0.05) is 24.2 Å². The molecule has 3 amide bonds. The molecule has 1 fully saturated rings. The average molecular weight is 553 g/mol. The number of urea groups is 1. The predicted octanol–water partition coefficient (Wildman–Crippen LogP) is 4.12. The van der Waals surface area contributed by atoms with Gasteiger partial charge in [-0.1, -0.05) is 23.7 Å². The van der Waals surface area contributed by atoms with Crippen LogP contribution >= 0.6 is 11.6 Å². The van der Waals surface area contributed by atoms with Crippen molar-refractivity contribution in [3.8, 4) is 5.75 Å². The minimum absolute atomic E-state index is 0.130. The molecular weight excluding hydrogens is 528 g/mol. The summed E-state index contributed by atoms with van der Waals surface area (Å²) in [5, 5.41) is 14.8. The highest BCUT2D eigenvalue weighted by Gasteiger charge is 2.46. The lowest BCUT2D eigenvalue weighted by molar-refractivity contribution is -0.384. The fourth-order valence-corrected chi connectivity index (χ4v) is 4.77. The number of amides is 3. The molecule has 0 aliphatic carbocycles. The Hall–Kier alpha value is -4.45. The second kappa shape index (κ2) is 10.7. The molecule has 3 aromatic rings. The number of piperazine rings is 1. The van der Waals surface area contributed by atoms with Crippen molar-refractivity contribution >= 4 is 35.1 Å². The van der Waals surface area contributed by atoms with Crippen LogP contribution in [0.25, 0.3) is 0 Å². The third kappa shape index (κ3) is 5.28. The van der Waals surface area contributed by atoms with Crippen LogP contribution in [0.1, 0.15) is 42.8 Å². The van der Waals surface area contributed by atoms with Crippen molar-refractivity contribution in [3.05, 3.63) is 87.1 Å². The summed E-state index contributed by atoms with van der Waals surface area (Å²) in [5.41, 5.74) is 1.41. The average Bonchev–Trinajstić information content (AvgIpc) is 3.56. The van der Waals surface area contributed by atoms with Crippen LogP contribution in [0.4, 0.5) is 10.5 Å². The van der Waals surface area contributed by atoms with E-state index < -0.39 is 23.0 Å². The lowest BCUT2D eigenvalue weighted by atomic mass is 9.98. The monoisotopic (exact) mass is 552 g/mol. The van der Waals surface area contributed by atoms with Gasteiger partial charge in [-0.2, -0.15) is 0 Å². The van der Waals surface area contributed by atoms with Gasteiger partial charge in [-0.15, -0.1) is 0 Å². The summed E-state index contributed by atoms with van der Waals surface area (Å²) in [5.74, 6) is 0.144. The molecule has 2 unspecified atom stereocenters. The fraction of sp³-hybridized carbons (Fsp3) is 0.308. The largest absolute Gasteiger partial charge is 0.490 e. The first-order valence-electron chi connectivity index (χ1n) is 12.2. The summed E-state index contributed by atoms with van der Waals surface area (Å²) in [6.07, 6.45) is 2.39. The molecule has 5 rings (SSSR count). The first-order valence-corrected chi connectivity index (χ1v) is 12.6. The minimum Gasteiger partial charge on any atom is -0.490 e. The number of oxazole rings is 1. The van der Waals surface area contributed by atoms with E-state index in [2.05, 4.69) is 10.3 Å². The van der Waals surface area contributed by atoms with Gasteiger partial charge in [-0.3, -0.25) is 24.8 Å². The van der Waals surface area contributed by atoms with Crippen molar-refractivity contribution in [1.29, 1.82) is 0 Å². The molecule has 1 aromatic heterocycles. The highest BCUT2D eigenvalue weighted by molar-refractivity contribution is 6.30. The van der Waals surface area contributed by atoms with Crippen LogP contribution in [-0.2, 0) is 4.79 Å². The van der Waals surface area contributed by atoms with Crippen LogP contribution in [0.3, 0.4) is 0 Å². The second-order valence-corrected chi connectivity index (χ2v) is 9.77. The lowest BCUT2D eigenvalue weighted by Crippen LogP contribution is -2.55. The second-order valence-electron chi connectivity index (χ2n) is 9.34. The number of amidine groups is 1. The Morgan fingerprint density at radius 1 is 1.26 bits per heavy atom. The van der Waals surface area contributed by atoms with Gasteiger partial charge in [0.05, 0.1) is 22.7 Å². The Balaban J connectivity index is 1.70. The smallest absolute Gasteiger partial charge is 0.326 e. The molecule has 1 N–H and O–H groups in total. The topological polar surface area (TPSA) is 143 Å². The van der Waals surface area contributed by atoms with Gasteiger partial charge in [0.2, 0.25) is 5.91 Å². The number of non-ortho nitro benzene ring substituents is 1. The Labute approximate surface area is 228 Å². The molecule has 202 valence electrons. The number of ether oxygens (including phenoxy) is 1. The van der Waals surface area contributed by atoms with Crippen LogP contribution in [0.5, 0.6) is 5.75 Å². The number of nitrogens with one attached hydrogen (secondary N) is 1. The van der Waals surface area contributed by atoms with Crippen molar-refractivity contribution < 1.29 is 23.7 Å². The Kier molecular flexibility index (Phi) is 7.20. The Bertz CT molecular complexity index is 1430. The number of halogens is 1. The van der Waals surface area contributed by atoms with Gasteiger partial charge < -0.3 is 19.4 Å². The number of rotatable bonds is 6. The number of aliphatic imine (C=N–C) groups is 1. The molecule has 2 atom stereocenters. The lowest BCUT2D eigenvalue weighted by Gasteiger charge is -2.35. The molecule has 1 saturated heterocycles. The van der Waals surface area contributed by atoms with E-state index in [-0.39, 0.29) is 35.8 Å². The molecule has 0 saturated carbocycles. The first-order chi connectivity index (χ1) is 18.7. The third-order valence-corrected chi connectivity index (χ3v) is 6.58. The number of carbonyl (C=O) groups excluding carboxylic acids is 2. The normalized spacial score (nSPS) is 19.2. The third-order valence-electron chi connectivity index (χ3n) is 6.33. The van der Waals surface area contributed by atoms with Gasteiger partial charge >= 0.3 is 6.03 Å². The summed E-state index contributed by atoms with van der Waals surface area (Å²) in [6.45, 7) is 4.06. The zero-order valence-corrected chi connectivity index (χ0v) is 21.9. The molecule has 2 aliphatic heterocycles. The SMILES string of the molecule is CC(C)Oc1cc([N+](=O)[O-])ccc1C1=NC(c2ccc(Cl)cc2)C(c2cocn2)N1C(=O)N1CCNC(=O)C1. The molecule has 2 aliphatic rings. The van der Waals surface area contributed by atoms with E-state index in [1.54, 1.807) is 26.0 Å². The number of hydrogen-bond acceptors (Lipinski definition) is 8. The van der Waals surface area contributed by atoms with Crippen molar-refractivity contribution in [3.63, 3.8) is 0 Å². The molecule has 12 nitrogen and oxygen atoms in total. The van der Waals surface area contributed by atoms with E-state index in [0.717, 1.165) is 5.56 Å². The molecule has 3 heterocycles. The van der Waals surface area contributed by atoms with Gasteiger partial charge in [-0.25, -0.2) is 9.78 Å². The van der Waals surface area contributed by atoms with Crippen molar-refractivity contribution in [2.24, 2.45) is 4.99 Å². The minimum atomic E-state index is -0.750. The first kappa shape index (κ1) is 26.2. The molecule has 0 bridgehead atoms. The van der Waals surface area contributed by atoms with Crippen molar-refractivity contribution in [1.82, 2.24) is 20.1 Å². The van der Waals surface area contributed by atoms with E-state index in [4.69, 9.17) is 25.7 Å². The van der Waals surface area contributed by atoms with Crippen molar-refractivity contribution in [2.75, 3.05) is 19.6 Å². The van der Waals surface area contributed by atoms with E-state index in [0.29, 0.717) is 29.4 Å². The molecule has 13 heteroatoms. The van der Waals surface area contributed by atoms with Crippen LogP contribution in [0.2, 0.25) is 5.02 Å². The van der Waals surface area contributed by atoms with E-state index in [1.165, 1.54) is 40.7 Å². The summed E-state index contributed by atoms with van der Waals surface area (Å²) in [6, 6.07) is 9.39. The zero-order valence-electron chi connectivity index (χ0n) is 21.1. The number of nitrogens with zero attached hydrogens (tertiary/aromatic N) is 5.